The number of esters is 3. The SMILES string of the molecule is C=C(COCC(=O)OCC(F)(F)C(F)(F)F)C(=O)OCC(=O)OCC(F)(F)C(F)(F)F. The molecule has 0 radical (unpaired) electrons. The van der Waals surface area contributed by atoms with Gasteiger partial charge in [-0.15, -0.1) is 0 Å². The van der Waals surface area contributed by atoms with Gasteiger partial charge >= 0.3 is 42.1 Å². The fraction of sp³-hybridized carbons (Fsp3) is 0.643. The summed E-state index contributed by atoms with van der Waals surface area (Å²) >= 11 is 0. The van der Waals surface area contributed by atoms with E-state index in [1.807, 2.05) is 0 Å². The zero-order valence-electron chi connectivity index (χ0n) is 14.9. The van der Waals surface area contributed by atoms with Gasteiger partial charge in [-0.25, -0.2) is 14.4 Å². The van der Waals surface area contributed by atoms with Crippen LogP contribution in [0.5, 0.6) is 0 Å². The number of ether oxygens (including phenoxy) is 4. The molecule has 17 heteroatoms. The third-order valence-corrected chi connectivity index (χ3v) is 2.76. The van der Waals surface area contributed by atoms with Crippen molar-refractivity contribution in [2.45, 2.75) is 24.2 Å². The fourth-order valence-corrected chi connectivity index (χ4v) is 1.13. The van der Waals surface area contributed by atoms with Gasteiger partial charge in [-0.1, -0.05) is 6.58 Å². The Labute approximate surface area is 165 Å². The summed E-state index contributed by atoms with van der Waals surface area (Å²) in [7, 11) is 0. The largest absolute Gasteiger partial charge is 0.457 e. The highest BCUT2D eigenvalue weighted by Crippen LogP contribution is 2.36. The maximum Gasteiger partial charge on any atom is 0.456 e. The van der Waals surface area contributed by atoms with Gasteiger partial charge in [0.2, 0.25) is 0 Å². The Kier molecular flexibility index (Phi) is 9.74. The lowest BCUT2D eigenvalue weighted by atomic mass is 10.3. The van der Waals surface area contributed by atoms with E-state index in [4.69, 9.17) is 0 Å². The van der Waals surface area contributed by atoms with E-state index in [0.717, 1.165) is 0 Å². The molecule has 0 aliphatic carbocycles. The number of rotatable bonds is 11. The van der Waals surface area contributed by atoms with Crippen molar-refractivity contribution in [1.82, 2.24) is 0 Å². The molecule has 0 saturated heterocycles. The molecule has 0 heterocycles. The summed E-state index contributed by atoms with van der Waals surface area (Å²) < 4.78 is 137. The first-order valence-electron chi connectivity index (χ1n) is 7.43. The van der Waals surface area contributed by atoms with Crippen LogP contribution >= 0.6 is 0 Å². The average Bonchev–Trinajstić information content (AvgIpc) is 2.60. The molecule has 0 unspecified atom stereocenters. The van der Waals surface area contributed by atoms with Gasteiger partial charge in [0.1, 0.15) is 6.61 Å². The van der Waals surface area contributed by atoms with Crippen molar-refractivity contribution in [3.05, 3.63) is 12.2 Å². The second-order valence-corrected chi connectivity index (χ2v) is 5.40. The maximum atomic E-state index is 12.5. The van der Waals surface area contributed by atoms with E-state index in [1.165, 1.54) is 0 Å². The van der Waals surface area contributed by atoms with Crippen molar-refractivity contribution in [3.8, 4) is 0 Å². The number of hydrogen-bond acceptors (Lipinski definition) is 7. The molecule has 0 N–H and O–H groups in total. The first kappa shape index (κ1) is 28.4. The molecule has 0 amide bonds. The molecule has 0 aromatic carbocycles. The monoisotopic (exact) mass is 482 g/mol. The van der Waals surface area contributed by atoms with Crippen LogP contribution in [0.15, 0.2) is 12.2 Å². The molecule has 7 nitrogen and oxygen atoms in total. The van der Waals surface area contributed by atoms with E-state index in [-0.39, 0.29) is 0 Å². The lowest BCUT2D eigenvalue weighted by Crippen LogP contribution is -2.41. The first-order chi connectivity index (χ1) is 13.8. The Balaban J connectivity index is 4.22. The van der Waals surface area contributed by atoms with Crippen molar-refractivity contribution in [3.63, 3.8) is 0 Å². The zero-order chi connectivity index (χ0) is 24.7. The first-order valence-corrected chi connectivity index (χ1v) is 7.43. The third kappa shape index (κ3) is 9.84. The molecule has 0 saturated carbocycles. The standard InChI is InChI=1S/C14H12F10O7/c1-7(2-28-3-8(25)30-5-11(15,16)13(19,20)21)10(27)29-4-9(26)31-6-12(17,18)14(22,23)24/h1-6H2. The lowest BCUT2D eigenvalue weighted by Gasteiger charge is -2.19. The molecule has 0 aliphatic rings. The highest BCUT2D eigenvalue weighted by atomic mass is 19.4. The third-order valence-electron chi connectivity index (χ3n) is 2.76. The number of carbonyl (C=O) groups excluding carboxylic acids is 3. The van der Waals surface area contributed by atoms with Gasteiger partial charge in [-0.3, -0.25) is 0 Å². The van der Waals surface area contributed by atoms with Crippen molar-refractivity contribution < 1.29 is 77.2 Å². The number of carbonyl (C=O) groups is 3. The maximum absolute atomic E-state index is 12.5. The molecular weight excluding hydrogens is 470 g/mol. The van der Waals surface area contributed by atoms with Crippen molar-refractivity contribution in [2.75, 3.05) is 33.0 Å². The van der Waals surface area contributed by atoms with Crippen LogP contribution in [0.4, 0.5) is 43.9 Å². The summed E-state index contributed by atoms with van der Waals surface area (Å²) in [5.41, 5.74) is -0.665. The number of halogens is 10. The Morgan fingerprint density at radius 2 is 1.00 bits per heavy atom. The van der Waals surface area contributed by atoms with Crippen LogP contribution in [0.2, 0.25) is 0 Å². The van der Waals surface area contributed by atoms with Crippen LogP contribution in [0.25, 0.3) is 0 Å². The minimum Gasteiger partial charge on any atom is -0.457 e. The minimum atomic E-state index is -5.99. The van der Waals surface area contributed by atoms with Crippen molar-refractivity contribution in [2.24, 2.45) is 0 Å². The van der Waals surface area contributed by atoms with Gasteiger partial charge in [-0.05, 0) is 0 Å². The smallest absolute Gasteiger partial charge is 0.456 e. The molecule has 0 rings (SSSR count). The zero-order valence-corrected chi connectivity index (χ0v) is 14.9. The lowest BCUT2D eigenvalue weighted by molar-refractivity contribution is -0.294. The van der Waals surface area contributed by atoms with Gasteiger partial charge in [0, 0.05) is 0 Å². The summed E-state index contributed by atoms with van der Waals surface area (Å²) in [6.45, 7) is -5.15. The average molecular weight is 482 g/mol. The van der Waals surface area contributed by atoms with E-state index in [9.17, 15) is 58.3 Å². The number of alkyl halides is 10. The van der Waals surface area contributed by atoms with Gasteiger partial charge < -0.3 is 18.9 Å². The van der Waals surface area contributed by atoms with Gasteiger partial charge in [0.15, 0.2) is 19.8 Å². The van der Waals surface area contributed by atoms with E-state index in [0.29, 0.717) is 0 Å². The summed E-state index contributed by atoms with van der Waals surface area (Å²) in [6.07, 6.45) is -11.9. The van der Waals surface area contributed by atoms with E-state index < -0.39 is 80.7 Å². The van der Waals surface area contributed by atoms with Crippen LogP contribution in [-0.4, -0.2) is 75.1 Å². The Bertz CT molecular complexity index is 669. The van der Waals surface area contributed by atoms with Crippen LogP contribution in [0.1, 0.15) is 0 Å². The van der Waals surface area contributed by atoms with E-state index >= 15 is 0 Å². The molecule has 0 aromatic heterocycles. The molecule has 0 spiro atoms. The predicted octanol–water partition coefficient (Wildman–Crippen LogP) is 2.58. The predicted molar refractivity (Wildman–Crippen MR) is 74.8 cm³/mol. The Morgan fingerprint density at radius 1 is 0.613 bits per heavy atom. The topological polar surface area (TPSA) is 88.1 Å². The molecule has 0 bridgehead atoms. The second-order valence-electron chi connectivity index (χ2n) is 5.40. The Hall–Kier alpha value is -2.59. The summed E-state index contributed by atoms with van der Waals surface area (Å²) in [5.74, 6) is -15.6. The van der Waals surface area contributed by atoms with Crippen molar-refractivity contribution in [1.29, 1.82) is 0 Å². The molecule has 0 aliphatic heterocycles. The highest BCUT2D eigenvalue weighted by Gasteiger charge is 2.59. The van der Waals surface area contributed by atoms with Crippen LogP contribution < -0.4 is 0 Å². The summed E-state index contributed by atoms with van der Waals surface area (Å²) in [4.78, 5) is 33.4. The molecular formula is C14H12F10O7. The van der Waals surface area contributed by atoms with Gasteiger partial charge in [-0.2, -0.15) is 43.9 Å². The van der Waals surface area contributed by atoms with Crippen molar-refractivity contribution >= 4 is 17.9 Å². The van der Waals surface area contributed by atoms with Crippen LogP contribution in [0.3, 0.4) is 0 Å². The summed E-state index contributed by atoms with van der Waals surface area (Å²) in [5, 5.41) is 0. The summed E-state index contributed by atoms with van der Waals surface area (Å²) in [6, 6.07) is 0. The molecule has 180 valence electrons. The fourth-order valence-electron chi connectivity index (χ4n) is 1.13. The molecule has 0 atom stereocenters. The number of hydrogen-bond donors (Lipinski definition) is 0. The normalized spacial score (nSPS) is 12.8. The van der Waals surface area contributed by atoms with Crippen LogP contribution in [-0.2, 0) is 33.3 Å². The van der Waals surface area contributed by atoms with E-state index in [1.54, 1.807) is 0 Å². The Morgan fingerprint density at radius 3 is 1.39 bits per heavy atom. The minimum absolute atomic E-state index is 0.665. The quantitative estimate of drug-likeness (QED) is 0.194. The van der Waals surface area contributed by atoms with E-state index in [2.05, 4.69) is 25.5 Å². The molecule has 0 fully saturated rings. The van der Waals surface area contributed by atoms with Gasteiger partial charge in [0.25, 0.3) is 0 Å². The molecule has 0 aromatic rings. The second kappa shape index (κ2) is 10.6. The van der Waals surface area contributed by atoms with Gasteiger partial charge in [0.05, 0.1) is 12.2 Å². The van der Waals surface area contributed by atoms with Crippen LogP contribution in [0, 0.1) is 0 Å². The highest BCUT2D eigenvalue weighted by molar-refractivity contribution is 5.89. The molecule has 31 heavy (non-hydrogen) atoms.